The number of hydrogen-bond donors (Lipinski definition) is 0. The van der Waals surface area contributed by atoms with Gasteiger partial charge < -0.3 is 9.47 Å². The Balaban J connectivity index is 1.34. The molecule has 0 spiro atoms. The van der Waals surface area contributed by atoms with E-state index in [1.54, 1.807) is 0 Å². The van der Waals surface area contributed by atoms with Gasteiger partial charge in [0.1, 0.15) is 24.2 Å². The zero-order chi connectivity index (χ0) is 21.9. The van der Waals surface area contributed by atoms with E-state index in [1.165, 1.54) is 16.7 Å². The highest BCUT2D eigenvalue weighted by molar-refractivity contribution is 5.95. The van der Waals surface area contributed by atoms with Crippen molar-refractivity contribution in [3.05, 3.63) is 95.6 Å². The number of likely N-dealkylation sites (tertiary alicyclic amines) is 1. The molecule has 2 aliphatic heterocycles. The first-order valence-electron chi connectivity index (χ1n) is 11.3. The van der Waals surface area contributed by atoms with Gasteiger partial charge >= 0.3 is 0 Å². The molecular formula is C28H28FNO2. The second-order valence-electron chi connectivity index (χ2n) is 8.60. The van der Waals surface area contributed by atoms with Gasteiger partial charge in [-0.15, -0.1) is 0 Å². The number of alkyl halides is 1. The van der Waals surface area contributed by atoms with Gasteiger partial charge in [0, 0.05) is 36.7 Å². The van der Waals surface area contributed by atoms with Crippen molar-refractivity contribution in [3.63, 3.8) is 0 Å². The van der Waals surface area contributed by atoms with Crippen LogP contribution in [0.15, 0.2) is 78.9 Å². The Bertz CT molecular complexity index is 1090. The second-order valence-corrected chi connectivity index (χ2v) is 8.60. The van der Waals surface area contributed by atoms with Crippen molar-refractivity contribution >= 4 is 11.1 Å². The number of halogens is 1. The normalized spacial score (nSPS) is 18.6. The summed E-state index contributed by atoms with van der Waals surface area (Å²) in [6.45, 7) is 5.09. The number of allylic oxidation sites excluding steroid dienone is 1. The van der Waals surface area contributed by atoms with E-state index in [-0.39, 0.29) is 18.7 Å². The summed E-state index contributed by atoms with van der Waals surface area (Å²) in [7, 11) is 0. The second kappa shape index (κ2) is 9.17. The molecule has 0 aliphatic carbocycles. The van der Waals surface area contributed by atoms with E-state index in [0.717, 1.165) is 42.3 Å². The van der Waals surface area contributed by atoms with E-state index in [4.69, 9.17) is 9.47 Å². The maximum atomic E-state index is 12.6. The monoisotopic (exact) mass is 429 g/mol. The van der Waals surface area contributed by atoms with Crippen molar-refractivity contribution in [1.82, 2.24) is 4.90 Å². The van der Waals surface area contributed by atoms with E-state index in [2.05, 4.69) is 60.4 Å². The molecule has 2 aliphatic rings. The van der Waals surface area contributed by atoms with Crippen molar-refractivity contribution in [2.24, 2.45) is 5.92 Å². The maximum Gasteiger partial charge on any atom is 0.150 e. The summed E-state index contributed by atoms with van der Waals surface area (Å²) in [5, 5.41) is 0. The average Bonchev–Trinajstić information content (AvgIpc) is 2.81. The van der Waals surface area contributed by atoms with Crippen LogP contribution in [0.3, 0.4) is 0 Å². The molecule has 5 rings (SSSR count). The fraction of sp³-hybridized carbons (Fsp3) is 0.286. The van der Waals surface area contributed by atoms with Crippen LogP contribution in [0.5, 0.6) is 11.5 Å². The van der Waals surface area contributed by atoms with Crippen LogP contribution in [0.25, 0.3) is 11.1 Å². The van der Waals surface area contributed by atoms with E-state index >= 15 is 0 Å². The molecule has 0 aromatic heterocycles. The van der Waals surface area contributed by atoms with Gasteiger partial charge in [0.15, 0.2) is 0 Å². The molecule has 2 heterocycles. The highest BCUT2D eigenvalue weighted by Gasteiger charge is 2.29. The Morgan fingerprint density at radius 2 is 1.66 bits per heavy atom. The third-order valence-corrected chi connectivity index (χ3v) is 6.40. The topological polar surface area (TPSA) is 21.7 Å². The average molecular weight is 430 g/mol. The number of hydrogen-bond acceptors (Lipinski definition) is 3. The predicted molar refractivity (Wildman–Crippen MR) is 127 cm³/mol. The van der Waals surface area contributed by atoms with E-state index in [0.29, 0.717) is 6.61 Å². The van der Waals surface area contributed by atoms with Gasteiger partial charge in [-0.05, 0) is 41.8 Å². The SMILES string of the molecule is CC1=C(c2ccccc2)C(c2ccc(OCCN3CC(CF)C3)cc2)Oc2ccccc21. The minimum atomic E-state index is -0.217. The number of nitrogens with zero attached hydrogens (tertiary/aromatic N) is 1. The lowest BCUT2D eigenvalue weighted by molar-refractivity contribution is 0.0668. The van der Waals surface area contributed by atoms with Crippen LogP contribution in [-0.4, -0.2) is 37.8 Å². The predicted octanol–water partition coefficient (Wildman–Crippen LogP) is 6.03. The smallest absolute Gasteiger partial charge is 0.150 e. The summed E-state index contributed by atoms with van der Waals surface area (Å²) in [4.78, 5) is 2.23. The molecule has 3 nitrogen and oxygen atoms in total. The number of fused-ring (bicyclic) bond motifs is 1. The van der Waals surface area contributed by atoms with Crippen molar-refractivity contribution < 1.29 is 13.9 Å². The number of para-hydroxylation sites is 1. The number of benzene rings is 3. The molecule has 1 fully saturated rings. The fourth-order valence-corrected chi connectivity index (χ4v) is 4.62. The number of ether oxygens (including phenoxy) is 2. The summed E-state index contributed by atoms with van der Waals surface area (Å²) >= 11 is 0. The molecular weight excluding hydrogens is 401 g/mol. The van der Waals surface area contributed by atoms with Crippen molar-refractivity contribution in [1.29, 1.82) is 0 Å². The Morgan fingerprint density at radius 1 is 0.938 bits per heavy atom. The molecule has 0 saturated carbocycles. The molecule has 3 aromatic carbocycles. The van der Waals surface area contributed by atoms with Gasteiger partial charge in [-0.2, -0.15) is 0 Å². The van der Waals surface area contributed by atoms with Gasteiger partial charge in [0.05, 0.1) is 6.67 Å². The summed E-state index contributed by atoms with van der Waals surface area (Å²) in [6.07, 6.45) is -0.180. The standard InChI is InChI=1S/C28H28FNO2/c1-20-25-9-5-6-10-26(25)32-28(27(20)22-7-3-2-4-8-22)23-11-13-24(14-12-23)31-16-15-30-18-21(17-29)19-30/h2-14,21,28H,15-19H2,1H3. The quantitative estimate of drug-likeness (QED) is 0.458. The molecule has 1 atom stereocenters. The van der Waals surface area contributed by atoms with E-state index in [9.17, 15) is 4.39 Å². The first-order valence-corrected chi connectivity index (χ1v) is 11.3. The number of rotatable bonds is 7. The minimum absolute atomic E-state index is 0.180. The highest BCUT2D eigenvalue weighted by atomic mass is 19.1. The lowest BCUT2D eigenvalue weighted by atomic mass is 9.86. The molecule has 1 saturated heterocycles. The van der Waals surface area contributed by atoms with Gasteiger partial charge in [0.25, 0.3) is 0 Å². The largest absolute Gasteiger partial charge is 0.492 e. The van der Waals surface area contributed by atoms with Gasteiger partial charge in [-0.1, -0.05) is 60.7 Å². The molecule has 1 unspecified atom stereocenters. The molecule has 0 bridgehead atoms. The zero-order valence-electron chi connectivity index (χ0n) is 18.3. The highest BCUT2D eigenvalue weighted by Crippen LogP contribution is 2.46. The zero-order valence-corrected chi connectivity index (χ0v) is 18.3. The van der Waals surface area contributed by atoms with Crippen LogP contribution in [0.1, 0.15) is 29.7 Å². The molecule has 164 valence electrons. The van der Waals surface area contributed by atoms with Crippen LogP contribution in [-0.2, 0) is 0 Å². The van der Waals surface area contributed by atoms with E-state index in [1.807, 2.05) is 30.3 Å². The first kappa shape index (κ1) is 20.8. The molecule has 0 N–H and O–H groups in total. The van der Waals surface area contributed by atoms with Gasteiger partial charge in [-0.3, -0.25) is 9.29 Å². The third kappa shape index (κ3) is 4.15. The summed E-state index contributed by atoms with van der Waals surface area (Å²) in [5.74, 6) is 1.97. The fourth-order valence-electron chi connectivity index (χ4n) is 4.62. The van der Waals surface area contributed by atoms with Crippen LogP contribution in [0.2, 0.25) is 0 Å². The maximum absolute atomic E-state index is 12.6. The van der Waals surface area contributed by atoms with Crippen LogP contribution in [0.4, 0.5) is 4.39 Å². The lowest BCUT2D eigenvalue weighted by Gasteiger charge is -2.37. The third-order valence-electron chi connectivity index (χ3n) is 6.40. The Morgan fingerprint density at radius 3 is 2.41 bits per heavy atom. The Hall–Kier alpha value is -3.11. The van der Waals surface area contributed by atoms with Crippen molar-refractivity contribution in [2.75, 3.05) is 32.9 Å². The summed E-state index contributed by atoms with van der Waals surface area (Å²) in [6, 6.07) is 26.9. The molecule has 32 heavy (non-hydrogen) atoms. The summed E-state index contributed by atoms with van der Waals surface area (Å²) in [5.41, 5.74) is 5.84. The van der Waals surface area contributed by atoms with Gasteiger partial charge in [0.2, 0.25) is 0 Å². The van der Waals surface area contributed by atoms with Crippen molar-refractivity contribution in [2.45, 2.75) is 13.0 Å². The lowest BCUT2D eigenvalue weighted by Crippen LogP contribution is -2.49. The van der Waals surface area contributed by atoms with Crippen LogP contribution in [0, 0.1) is 5.92 Å². The van der Waals surface area contributed by atoms with E-state index < -0.39 is 0 Å². The van der Waals surface area contributed by atoms with Crippen molar-refractivity contribution in [3.8, 4) is 11.5 Å². The molecule has 3 aromatic rings. The Labute approximate surface area is 189 Å². The Kier molecular flexibility index (Phi) is 5.95. The molecule has 0 amide bonds. The van der Waals surface area contributed by atoms with Crippen LogP contribution < -0.4 is 9.47 Å². The molecule has 0 radical (unpaired) electrons. The van der Waals surface area contributed by atoms with Gasteiger partial charge in [-0.25, -0.2) is 0 Å². The summed E-state index contributed by atoms with van der Waals surface area (Å²) < 4.78 is 25.0. The minimum Gasteiger partial charge on any atom is -0.492 e. The molecule has 4 heteroatoms. The first-order chi connectivity index (χ1) is 15.7. The van der Waals surface area contributed by atoms with Crippen LogP contribution >= 0.6 is 0 Å².